The van der Waals surface area contributed by atoms with Crippen LogP contribution in [0.25, 0.3) is 34.0 Å². The second-order valence-electron chi connectivity index (χ2n) is 5.80. The van der Waals surface area contributed by atoms with Crippen LogP contribution in [0.2, 0.25) is 0 Å². The molecule has 27 heavy (non-hydrogen) atoms. The fraction of sp³-hybridized carbons (Fsp3) is 0.222. The maximum absolute atomic E-state index is 5.49. The first-order chi connectivity index (χ1) is 13.1. The third-order valence-corrected chi connectivity index (χ3v) is 4.29. The number of fused-ring (bicyclic) bond motifs is 1. The number of methoxy groups -OCH3 is 2. The number of nitrogens with zero attached hydrogens (tertiary/aromatic N) is 4. The number of hydrogen-bond acceptors (Lipinski definition) is 8. The fourth-order valence-electron chi connectivity index (χ4n) is 3.04. The minimum Gasteiger partial charge on any atom is -0.493 e. The van der Waals surface area contributed by atoms with Gasteiger partial charge in [-0.15, -0.1) is 5.10 Å². The highest BCUT2D eigenvalue weighted by Crippen LogP contribution is 2.36. The zero-order chi connectivity index (χ0) is 19.0. The molecule has 3 aromatic heterocycles. The monoisotopic (exact) mass is 366 g/mol. The van der Waals surface area contributed by atoms with E-state index in [1.165, 1.54) is 0 Å². The molecule has 4 aromatic rings. The van der Waals surface area contributed by atoms with Gasteiger partial charge in [-0.1, -0.05) is 12.0 Å². The Morgan fingerprint density at radius 3 is 2.63 bits per heavy atom. The molecule has 0 aliphatic carbocycles. The summed E-state index contributed by atoms with van der Waals surface area (Å²) in [7, 11) is 3.22. The maximum Gasteiger partial charge on any atom is 0.313 e. The van der Waals surface area contributed by atoms with E-state index in [0.717, 1.165) is 34.3 Å². The summed E-state index contributed by atoms with van der Waals surface area (Å²) in [6.45, 7) is 2.07. The summed E-state index contributed by atoms with van der Waals surface area (Å²) in [6, 6.07) is 5.75. The van der Waals surface area contributed by atoms with Crippen molar-refractivity contribution in [2.24, 2.45) is 0 Å². The van der Waals surface area contributed by atoms with E-state index in [9.17, 15) is 0 Å². The van der Waals surface area contributed by atoms with Crippen LogP contribution >= 0.6 is 0 Å². The molecule has 4 rings (SSSR count). The topological polar surface area (TPSA) is 125 Å². The third-order valence-electron chi connectivity index (χ3n) is 4.29. The van der Waals surface area contributed by atoms with Gasteiger partial charge in [0.15, 0.2) is 11.5 Å². The molecule has 0 unspecified atom stereocenters. The summed E-state index contributed by atoms with van der Waals surface area (Å²) in [6.07, 6.45) is 2.47. The molecule has 1 aromatic carbocycles. The van der Waals surface area contributed by atoms with Crippen molar-refractivity contribution in [3.05, 3.63) is 30.0 Å². The number of aryl methyl sites for hydroxylation is 1. The first-order valence-electron chi connectivity index (χ1n) is 8.34. The lowest BCUT2D eigenvalue weighted by Gasteiger charge is -2.09. The predicted molar refractivity (Wildman–Crippen MR) is 99.5 cm³/mol. The lowest BCUT2D eigenvalue weighted by molar-refractivity contribution is 0.355. The van der Waals surface area contributed by atoms with E-state index in [1.54, 1.807) is 20.4 Å². The van der Waals surface area contributed by atoms with Crippen LogP contribution < -0.4 is 15.2 Å². The Bertz CT molecular complexity index is 1120. The molecular weight excluding hydrogens is 348 g/mol. The van der Waals surface area contributed by atoms with Crippen LogP contribution in [0.3, 0.4) is 0 Å². The molecule has 138 valence electrons. The standard InChI is InChI=1S/C18H18N6O3/c1-4-10-14(9-5-6-12(25-2)13(7-9)26-3)21-11-8-20-16(22-15(10)11)17-23-24-18(19)27-17/h5-8,21H,4H2,1-3H3,(H2,19,24). The average molecular weight is 366 g/mol. The minimum absolute atomic E-state index is 0.0236. The summed E-state index contributed by atoms with van der Waals surface area (Å²) in [4.78, 5) is 12.3. The predicted octanol–water partition coefficient (Wildman–Crippen LogP) is 2.84. The van der Waals surface area contributed by atoms with Crippen LogP contribution in [0.4, 0.5) is 6.01 Å². The summed E-state index contributed by atoms with van der Waals surface area (Å²) in [5, 5.41) is 7.50. The van der Waals surface area contributed by atoms with Gasteiger partial charge < -0.3 is 24.6 Å². The van der Waals surface area contributed by atoms with Crippen LogP contribution in [-0.2, 0) is 6.42 Å². The van der Waals surface area contributed by atoms with Gasteiger partial charge in [-0.05, 0) is 24.6 Å². The lowest BCUT2D eigenvalue weighted by atomic mass is 10.0. The SMILES string of the molecule is CCc1c(-c2ccc(OC)c(OC)c2)[nH]c2cnc(-c3nnc(N)o3)nc12. The zero-order valence-corrected chi connectivity index (χ0v) is 15.1. The Labute approximate surface area is 154 Å². The Kier molecular flexibility index (Phi) is 4.11. The van der Waals surface area contributed by atoms with Crippen LogP contribution in [0.15, 0.2) is 28.8 Å². The number of benzene rings is 1. The Morgan fingerprint density at radius 1 is 1.15 bits per heavy atom. The van der Waals surface area contributed by atoms with Gasteiger partial charge >= 0.3 is 6.01 Å². The number of aromatic nitrogens is 5. The van der Waals surface area contributed by atoms with Gasteiger partial charge in [0.2, 0.25) is 5.82 Å². The second kappa shape index (κ2) is 6.60. The van der Waals surface area contributed by atoms with E-state index >= 15 is 0 Å². The van der Waals surface area contributed by atoms with E-state index in [-0.39, 0.29) is 11.9 Å². The van der Waals surface area contributed by atoms with E-state index < -0.39 is 0 Å². The van der Waals surface area contributed by atoms with Crippen molar-refractivity contribution < 1.29 is 13.9 Å². The van der Waals surface area contributed by atoms with Crippen molar-refractivity contribution in [3.63, 3.8) is 0 Å². The van der Waals surface area contributed by atoms with E-state index in [4.69, 9.17) is 19.6 Å². The minimum atomic E-state index is -0.0236. The van der Waals surface area contributed by atoms with Gasteiger partial charge in [0.05, 0.1) is 37.1 Å². The molecule has 0 aliphatic rings. The Morgan fingerprint density at radius 2 is 1.96 bits per heavy atom. The van der Waals surface area contributed by atoms with Crippen molar-refractivity contribution in [2.45, 2.75) is 13.3 Å². The van der Waals surface area contributed by atoms with Crippen LogP contribution in [0.1, 0.15) is 12.5 Å². The Hall–Kier alpha value is -3.62. The largest absolute Gasteiger partial charge is 0.493 e. The molecule has 0 aliphatic heterocycles. The Balaban J connectivity index is 1.87. The number of hydrogen-bond donors (Lipinski definition) is 2. The molecule has 0 saturated carbocycles. The highest BCUT2D eigenvalue weighted by molar-refractivity contribution is 5.88. The lowest BCUT2D eigenvalue weighted by Crippen LogP contribution is -1.92. The molecule has 0 bridgehead atoms. The number of H-pyrrole nitrogens is 1. The summed E-state index contributed by atoms with van der Waals surface area (Å²) in [5.74, 6) is 1.85. The van der Waals surface area contributed by atoms with Crippen LogP contribution in [0, 0.1) is 0 Å². The molecule has 9 nitrogen and oxygen atoms in total. The highest BCUT2D eigenvalue weighted by Gasteiger charge is 2.18. The van der Waals surface area contributed by atoms with Crippen molar-refractivity contribution >= 4 is 17.0 Å². The normalized spacial score (nSPS) is 11.1. The number of aromatic amines is 1. The molecular formula is C18H18N6O3. The maximum atomic E-state index is 5.49. The van der Waals surface area contributed by atoms with E-state index in [2.05, 4.69) is 32.1 Å². The van der Waals surface area contributed by atoms with Gasteiger partial charge in [-0.25, -0.2) is 9.97 Å². The third kappa shape index (κ3) is 2.82. The van der Waals surface area contributed by atoms with Crippen LogP contribution in [0.5, 0.6) is 11.5 Å². The molecule has 3 heterocycles. The molecule has 0 spiro atoms. The van der Waals surface area contributed by atoms with Gasteiger partial charge in [-0.2, -0.15) is 0 Å². The smallest absolute Gasteiger partial charge is 0.313 e. The second-order valence-corrected chi connectivity index (χ2v) is 5.80. The van der Waals surface area contributed by atoms with Gasteiger partial charge in [0.1, 0.15) is 0 Å². The molecule has 0 amide bonds. The number of ether oxygens (including phenoxy) is 2. The first-order valence-corrected chi connectivity index (χ1v) is 8.34. The average Bonchev–Trinajstić information content (AvgIpc) is 3.30. The fourth-order valence-corrected chi connectivity index (χ4v) is 3.04. The van der Waals surface area contributed by atoms with Gasteiger partial charge in [0, 0.05) is 11.1 Å². The van der Waals surface area contributed by atoms with Crippen molar-refractivity contribution in [1.29, 1.82) is 0 Å². The summed E-state index contributed by atoms with van der Waals surface area (Å²) in [5.41, 5.74) is 10.1. The zero-order valence-electron chi connectivity index (χ0n) is 15.1. The highest BCUT2D eigenvalue weighted by atomic mass is 16.5. The molecule has 0 radical (unpaired) electrons. The van der Waals surface area contributed by atoms with Gasteiger partial charge in [-0.3, -0.25) is 0 Å². The molecule has 0 atom stereocenters. The number of rotatable bonds is 5. The number of nitrogen functional groups attached to an aromatic ring is 1. The summed E-state index contributed by atoms with van der Waals surface area (Å²) < 4.78 is 16.0. The number of anilines is 1. The van der Waals surface area contributed by atoms with E-state index in [0.29, 0.717) is 17.3 Å². The molecule has 3 N–H and O–H groups in total. The van der Waals surface area contributed by atoms with Crippen molar-refractivity contribution in [1.82, 2.24) is 25.1 Å². The van der Waals surface area contributed by atoms with Crippen molar-refractivity contribution in [3.8, 4) is 34.5 Å². The van der Waals surface area contributed by atoms with E-state index in [1.807, 2.05) is 18.2 Å². The summed E-state index contributed by atoms with van der Waals surface area (Å²) >= 11 is 0. The molecule has 9 heteroatoms. The number of nitrogens with one attached hydrogen (secondary N) is 1. The van der Waals surface area contributed by atoms with Crippen LogP contribution in [-0.4, -0.2) is 39.4 Å². The molecule has 0 saturated heterocycles. The number of nitrogens with two attached hydrogens (primary N) is 1. The quantitative estimate of drug-likeness (QED) is 0.552. The van der Waals surface area contributed by atoms with Crippen molar-refractivity contribution in [2.75, 3.05) is 20.0 Å². The first kappa shape index (κ1) is 16.8. The van der Waals surface area contributed by atoms with Gasteiger partial charge in [0.25, 0.3) is 5.89 Å². The molecule has 0 fully saturated rings.